The van der Waals surface area contributed by atoms with Gasteiger partial charge in [0.15, 0.2) is 0 Å². The molecule has 8 nitrogen and oxygen atoms in total. The second-order valence-electron chi connectivity index (χ2n) is 7.49. The normalized spacial score (nSPS) is 14.7. The van der Waals surface area contributed by atoms with Gasteiger partial charge in [-0.3, -0.25) is 10.3 Å². The molecular formula is C22H33N5O3. The van der Waals surface area contributed by atoms with Crippen LogP contribution in [0.5, 0.6) is 0 Å². The number of amidine groups is 1. The van der Waals surface area contributed by atoms with E-state index in [0.29, 0.717) is 17.9 Å². The molecule has 2 amide bonds. The number of carbonyl (C=O) groups is 3. The van der Waals surface area contributed by atoms with Gasteiger partial charge in [0.25, 0.3) is 0 Å². The standard InChI is InChI=1S/C22H33N5O3/c1-24-20-16-18(17-8-12-26(13-9-17)10-3-4-14-28)6-7-19(20)21(23)27(11-5-15-29)22(30)25-2/h6-7,14-17,23-24H,3-5,8-13H2,1-2H3,(H,25,30). The maximum atomic E-state index is 12.2. The van der Waals surface area contributed by atoms with Crippen LogP contribution in [0.15, 0.2) is 18.2 Å². The zero-order valence-corrected chi connectivity index (χ0v) is 17.9. The Kier molecular flexibility index (Phi) is 9.47. The van der Waals surface area contributed by atoms with Crippen molar-refractivity contribution in [3.05, 3.63) is 29.3 Å². The van der Waals surface area contributed by atoms with E-state index in [4.69, 9.17) is 5.41 Å². The minimum Gasteiger partial charge on any atom is -0.388 e. The fourth-order valence-electron chi connectivity index (χ4n) is 3.89. The van der Waals surface area contributed by atoms with Crippen molar-refractivity contribution in [2.75, 3.05) is 45.6 Å². The summed E-state index contributed by atoms with van der Waals surface area (Å²) in [7, 11) is 3.32. The molecule has 8 heteroatoms. The summed E-state index contributed by atoms with van der Waals surface area (Å²) in [5, 5.41) is 14.2. The summed E-state index contributed by atoms with van der Waals surface area (Å²) < 4.78 is 0. The molecule has 30 heavy (non-hydrogen) atoms. The van der Waals surface area contributed by atoms with Crippen molar-refractivity contribution in [1.82, 2.24) is 15.1 Å². The first kappa shape index (κ1) is 23.5. The molecule has 3 N–H and O–H groups in total. The van der Waals surface area contributed by atoms with E-state index in [0.717, 1.165) is 57.2 Å². The van der Waals surface area contributed by atoms with Crippen LogP contribution in [0.3, 0.4) is 0 Å². The van der Waals surface area contributed by atoms with Crippen LogP contribution in [-0.4, -0.2) is 74.5 Å². The van der Waals surface area contributed by atoms with Crippen LogP contribution in [-0.2, 0) is 9.59 Å². The number of anilines is 1. The molecular weight excluding hydrogens is 382 g/mol. The Morgan fingerprint density at radius 2 is 1.90 bits per heavy atom. The minimum atomic E-state index is -0.407. The molecule has 0 aliphatic carbocycles. The van der Waals surface area contributed by atoms with E-state index < -0.39 is 6.03 Å². The largest absolute Gasteiger partial charge is 0.388 e. The SMILES string of the molecule is CNC(=O)N(CCC=O)C(=N)c1ccc(C2CCN(CCCC=O)CC2)cc1NC. The van der Waals surface area contributed by atoms with Crippen molar-refractivity contribution in [3.63, 3.8) is 0 Å². The fraction of sp³-hybridized carbons (Fsp3) is 0.545. The van der Waals surface area contributed by atoms with E-state index in [1.807, 2.05) is 12.1 Å². The van der Waals surface area contributed by atoms with Crippen LogP contribution in [0.2, 0.25) is 0 Å². The van der Waals surface area contributed by atoms with Crippen molar-refractivity contribution in [2.45, 2.75) is 38.0 Å². The predicted molar refractivity (Wildman–Crippen MR) is 118 cm³/mol. The minimum absolute atomic E-state index is 0.0668. The third kappa shape index (κ3) is 6.13. The zero-order valence-electron chi connectivity index (χ0n) is 17.9. The summed E-state index contributed by atoms with van der Waals surface area (Å²) in [5.41, 5.74) is 2.65. The fourth-order valence-corrected chi connectivity index (χ4v) is 3.89. The van der Waals surface area contributed by atoms with Crippen LogP contribution >= 0.6 is 0 Å². The Morgan fingerprint density at radius 3 is 2.50 bits per heavy atom. The van der Waals surface area contributed by atoms with E-state index in [9.17, 15) is 14.4 Å². The lowest BCUT2D eigenvalue weighted by atomic mass is 9.88. The number of nitrogens with zero attached hydrogens (tertiary/aromatic N) is 2. The Bertz CT molecular complexity index is 744. The number of hydrogen-bond donors (Lipinski definition) is 3. The molecule has 0 atom stereocenters. The monoisotopic (exact) mass is 415 g/mol. The predicted octanol–water partition coefficient (Wildman–Crippen LogP) is 2.44. The van der Waals surface area contributed by atoms with Crippen molar-refractivity contribution >= 4 is 30.1 Å². The number of benzene rings is 1. The topological polar surface area (TPSA) is 106 Å². The molecule has 2 rings (SSSR count). The van der Waals surface area contributed by atoms with Crippen molar-refractivity contribution in [3.8, 4) is 0 Å². The molecule has 0 unspecified atom stereocenters. The van der Waals surface area contributed by atoms with Gasteiger partial charge in [-0.15, -0.1) is 0 Å². The lowest BCUT2D eigenvalue weighted by molar-refractivity contribution is -0.108. The molecule has 0 saturated carbocycles. The van der Waals surface area contributed by atoms with E-state index in [1.54, 1.807) is 7.05 Å². The quantitative estimate of drug-likeness (QED) is 0.236. The van der Waals surface area contributed by atoms with Gasteiger partial charge in [-0.2, -0.15) is 0 Å². The first-order valence-electron chi connectivity index (χ1n) is 10.5. The van der Waals surface area contributed by atoms with Gasteiger partial charge in [0.05, 0.1) is 0 Å². The molecule has 1 aromatic rings. The molecule has 1 aromatic carbocycles. The number of likely N-dealkylation sites (tertiary alicyclic amines) is 1. The first-order chi connectivity index (χ1) is 14.5. The molecule has 164 valence electrons. The highest BCUT2D eigenvalue weighted by molar-refractivity contribution is 6.09. The number of unbranched alkanes of at least 4 members (excludes halogenated alkanes) is 1. The van der Waals surface area contributed by atoms with Gasteiger partial charge in [0.2, 0.25) is 0 Å². The summed E-state index contributed by atoms with van der Waals surface area (Å²) in [4.78, 5) is 37.1. The van der Waals surface area contributed by atoms with Crippen LogP contribution in [0.4, 0.5) is 10.5 Å². The number of piperidine rings is 1. The molecule has 0 aromatic heterocycles. The second kappa shape index (κ2) is 12.1. The molecule has 0 radical (unpaired) electrons. The van der Waals surface area contributed by atoms with Gasteiger partial charge < -0.3 is 25.1 Å². The van der Waals surface area contributed by atoms with Gasteiger partial charge in [0.1, 0.15) is 18.4 Å². The highest BCUT2D eigenvalue weighted by Gasteiger charge is 2.24. The van der Waals surface area contributed by atoms with Crippen LogP contribution in [0, 0.1) is 5.41 Å². The highest BCUT2D eigenvalue weighted by Crippen LogP contribution is 2.31. The van der Waals surface area contributed by atoms with Gasteiger partial charge >= 0.3 is 6.03 Å². The number of amides is 2. The summed E-state index contributed by atoms with van der Waals surface area (Å²) in [5.74, 6) is 0.518. The van der Waals surface area contributed by atoms with E-state index in [1.165, 1.54) is 17.5 Å². The molecule has 0 bridgehead atoms. The number of aldehydes is 2. The van der Waals surface area contributed by atoms with Crippen molar-refractivity contribution < 1.29 is 14.4 Å². The Balaban J connectivity index is 2.10. The molecule has 1 fully saturated rings. The van der Waals surface area contributed by atoms with E-state index in [2.05, 4.69) is 21.6 Å². The Hall–Kier alpha value is -2.74. The third-order valence-corrected chi connectivity index (χ3v) is 5.62. The highest BCUT2D eigenvalue weighted by atomic mass is 16.2. The van der Waals surface area contributed by atoms with Gasteiger partial charge in [-0.25, -0.2) is 4.79 Å². The zero-order chi connectivity index (χ0) is 21.9. The van der Waals surface area contributed by atoms with Crippen LogP contribution in [0.1, 0.15) is 49.1 Å². The molecule has 1 aliphatic heterocycles. The average Bonchev–Trinajstić information content (AvgIpc) is 2.79. The lowest BCUT2D eigenvalue weighted by Gasteiger charge is -2.32. The average molecular weight is 416 g/mol. The van der Waals surface area contributed by atoms with Crippen molar-refractivity contribution in [1.29, 1.82) is 5.41 Å². The number of hydrogen-bond acceptors (Lipinski definition) is 6. The Morgan fingerprint density at radius 1 is 1.20 bits per heavy atom. The maximum Gasteiger partial charge on any atom is 0.322 e. The molecule has 1 heterocycles. The first-order valence-corrected chi connectivity index (χ1v) is 10.5. The molecule has 0 spiro atoms. The number of carbonyl (C=O) groups excluding carboxylic acids is 3. The maximum absolute atomic E-state index is 12.2. The summed E-state index contributed by atoms with van der Waals surface area (Å²) in [6, 6.07) is 5.59. The Labute approximate surface area is 178 Å². The second-order valence-corrected chi connectivity index (χ2v) is 7.49. The van der Waals surface area contributed by atoms with Gasteiger partial charge in [0, 0.05) is 44.7 Å². The van der Waals surface area contributed by atoms with Gasteiger partial charge in [-0.1, -0.05) is 6.07 Å². The summed E-state index contributed by atoms with van der Waals surface area (Å²) in [6.45, 7) is 3.17. The van der Waals surface area contributed by atoms with E-state index in [-0.39, 0.29) is 18.8 Å². The third-order valence-electron chi connectivity index (χ3n) is 5.62. The van der Waals surface area contributed by atoms with E-state index >= 15 is 0 Å². The number of nitrogens with one attached hydrogen (secondary N) is 3. The molecule has 1 aliphatic rings. The van der Waals surface area contributed by atoms with Crippen molar-refractivity contribution in [2.24, 2.45) is 0 Å². The number of rotatable bonds is 10. The summed E-state index contributed by atoms with van der Waals surface area (Å²) >= 11 is 0. The molecule has 1 saturated heterocycles. The smallest absolute Gasteiger partial charge is 0.322 e. The van der Waals surface area contributed by atoms with Crippen LogP contribution < -0.4 is 10.6 Å². The lowest BCUT2D eigenvalue weighted by Crippen LogP contribution is -2.43. The van der Waals surface area contributed by atoms with Crippen LogP contribution in [0.25, 0.3) is 0 Å². The number of urea groups is 1. The van der Waals surface area contributed by atoms with Gasteiger partial charge in [-0.05, 0) is 62.5 Å². The summed E-state index contributed by atoms with van der Waals surface area (Å²) in [6.07, 6.45) is 5.56.